The summed E-state index contributed by atoms with van der Waals surface area (Å²) in [5.74, 6) is 5.65. The lowest BCUT2D eigenvalue weighted by Gasteiger charge is -2.26. The van der Waals surface area contributed by atoms with Crippen LogP contribution in [0.2, 0.25) is 0 Å². The number of carboxylic acids is 1. The molecule has 1 atom stereocenters. The summed E-state index contributed by atoms with van der Waals surface area (Å²) in [6, 6.07) is 12.0. The van der Waals surface area contributed by atoms with Crippen LogP contribution >= 0.6 is 11.3 Å². The summed E-state index contributed by atoms with van der Waals surface area (Å²) in [4.78, 5) is 17.8. The highest BCUT2D eigenvalue weighted by Crippen LogP contribution is 2.39. The van der Waals surface area contributed by atoms with E-state index in [1.54, 1.807) is 6.07 Å². The van der Waals surface area contributed by atoms with E-state index in [9.17, 15) is 22.7 Å². The van der Waals surface area contributed by atoms with E-state index in [0.29, 0.717) is 29.0 Å². The molecule has 0 radical (unpaired) electrons. The highest BCUT2D eigenvalue weighted by molar-refractivity contribution is 7.89. The first kappa shape index (κ1) is 30.2. The maximum atomic E-state index is 14.9. The van der Waals surface area contributed by atoms with Crippen LogP contribution in [0.4, 0.5) is 4.39 Å². The predicted octanol–water partition coefficient (Wildman–Crippen LogP) is 5.32. The fourth-order valence-electron chi connectivity index (χ4n) is 5.82. The van der Waals surface area contributed by atoms with Gasteiger partial charge in [-0.25, -0.2) is 27.7 Å². The van der Waals surface area contributed by atoms with Crippen molar-refractivity contribution >= 4 is 27.3 Å². The Kier molecular flexibility index (Phi) is 8.44. The van der Waals surface area contributed by atoms with Crippen LogP contribution in [0.3, 0.4) is 0 Å². The van der Waals surface area contributed by atoms with Crippen molar-refractivity contribution in [2.24, 2.45) is 17.0 Å². The fourth-order valence-corrected chi connectivity index (χ4v) is 7.20. The SMILES string of the molecule is CN1CCCC(C#Cc2cccc(-c3cn(-c4nc(C(=O)O)cs4)c(CC4CC4)c3Cc3ccc(S(N)(=O)=O)c(F)c3)c2)C1. The summed E-state index contributed by atoms with van der Waals surface area (Å²) in [7, 11) is -2.08. The quantitative estimate of drug-likeness (QED) is 0.254. The van der Waals surface area contributed by atoms with Gasteiger partial charge in [0.05, 0.1) is 0 Å². The molecule has 1 aliphatic heterocycles. The molecule has 0 spiro atoms. The van der Waals surface area contributed by atoms with Gasteiger partial charge in [0.15, 0.2) is 10.8 Å². The number of aromatic carboxylic acids is 1. The first-order valence-electron chi connectivity index (χ1n) is 14.6. The van der Waals surface area contributed by atoms with Gasteiger partial charge in [0.25, 0.3) is 0 Å². The molecule has 2 aliphatic rings. The highest BCUT2D eigenvalue weighted by atomic mass is 32.2. The molecule has 44 heavy (non-hydrogen) atoms. The Morgan fingerprint density at radius 3 is 2.70 bits per heavy atom. The van der Waals surface area contributed by atoms with Crippen LogP contribution in [0.15, 0.2) is 58.9 Å². The molecule has 6 rings (SSSR count). The van der Waals surface area contributed by atoms with E-state index in [4.69, 9.17) is 5.14 Å². The number of piperidine rings is 1. The molecule has 1 saturated carbocycles. The van der Waals surface area contributed by atoms with Gasteiger partial charge < -0.3 is 10.0 Å². The molecule has 0 amide bonds. The first-order chi connectivity index (χ1) is 21.0. The van der Waals surface area contributed by atoms with Crippen LogP contribution in [-0.4, -0.2) is 54.1 Å². The van der Waals surface area contributed by atoms with Crippen LogP contribution in [-0.2, 0) is 22.9 Å². The Bertz CT molecular complexity index is 1900. The number of hydrogen-bond acceptors (Lipinski definition) is 6. The lowest BCUT2D eigenvalue weighted by atomic mass is 9.94. The number of likely N-dealkylation sites (tertiary alicyclic amines) is 1. The average Bonchev–Trinajstić information content (AvgIpc) is 3.53. The Morgan fingerprint density at radius 1 is 1.20 bits per heavy atom. The molecular weight excluding hydrogens is 600 g/mol. The second-order valence-electron chi connectivity index (χ2n) is 11.7. The van der Waals surface area contributed by atoms with Gasteiger partial charge in [0.1, 0.15) is 10.7 Å². The summed E-state index contributed by atoms with van der Waals surface area (Å²) in [6.07, 6.45) is 7.47. The van der Waals surface area contributed by atoms with Gasteiger partial charge >= 0.3 is 5.97 Å². The summed E-state index contributed by atoms with van der Waals surface area (Å²) >= 11 is 1.25. The van der Waals surface area contributed by atoms with Gasteiger partial charge in [0.2, 0.25) is 10.0 Å². The third-order valence-electron chi connectivity index (χ3n) is 8.22. The predicted molar refractivity (Wildman–Crippen MR) is 168 cm³/mol. The standard InChI is InChI=1S/C33H33FN4O4S2/c1-37-13-3-5-23(18-37)10-9-21-4-2-6-25(14-21)27-19-38(33-36-29(20-43-33)32(39)40)30(17-22-7-8-22)26(27)15-24-11-12-31(28(34)16-24)44(35,41)42/h2,4,6,11-12,14,16,19-20,22-23H,3,5,7-8,13,15,17-18H2,1H3,(H,39,40)(H2,35,41,42). The number of halogens is 1. The van der Waals surface area contributed by atoms with Crippen molar-refractivity contribution in [3.63, 3.8) is 0 Å². The van der Waals surface area contributed by atoms with E-state index in [0.717, 1.165) is 73.1 Å². The monoisotopic (exact) mass is 632 g/mol. The molecular formula is C33H33FN4O4S2. The van der Waals surface area contributed by atoms with E-state index < -0.39 is 26.7 Å². The molecule has 1 aliphatic carbocycles. The molecule has 3 N–H and O–H groups in total. The number of carbonyl (C=O) groups is 1. The topological polar surface area (TPSA) is 119 Å². The van der Waals surface area contributed by atoms with Crippen molar-refractivity contribution in [1.29, 1.82) is 0 Å². The highest BCUT2D eigenvalue weighted by Gasteiger charge is 2.28. The van der Waals surface area contributed by atoms with E-state index in [1.165, 1.54) is 28.8 Å². The molecule has 4 aromatic rings. The molecule has 228 valence electrons. The minimum absolute atomic E-state index is 0.0227. The maximum absolute atomic E-state index is 14.9. The van der Waals surface area contributed by atoms with Crippen molar-refractivity contribution in [1.82, 2.24) is 14.5 Å². The van der Waals surface area contributed by atoms with E-state index in [-0.39, 0.29) is 5.69 Å². The number of nitrogens with zero attached hydrogens (tertiary/aromatic N) is 3. The van der Waals surface area contributed by atoms with Gasteiger partial charge in [-0.05, 0) is 99.0 Å². The van der Waals surface area contributed by atoms with Crippen molar-refractivity contribution in [3.05, 3.63) is 87.9 Å². The summed E-state index contributed by atoms with van der Waals surface area (Å²) in [6.45, 7) is 2.05. The van der Waals surface area contributed by atoms with Crippen LogP contribution in [0, 0.1) is 29.5 Å². The Labute approximate surface area is 260 Å². The Balaban J connectivity index is 1.45. The van der Waals surface area contributed by atoms with Crippen LogP contribution in [0.1, 0.15) is 58.6 Å². The molecule has 2 aromatic carbocycles. The number of hydrogen-bond donors (Lipinski definition) is 2. The van der Waals surface area contributed by atoms with Gasteiger partial charge in [-0.15, -0.1) is 11.3 Å². The second-order valence-corrected chi connectivity index (χ2v) is 14.1. The molecule has 0 bridgehead atoms. The number of nitrogens with two attached hydrogens (primary N) is 1. The molecule has 2 fully saturated rings. The van der Waals surface area contributed by atoms with E-state index in [2.05, 4.69) is 34.8 Å². The number of benzene rings is 2. The zero-order valence-corrected chi connectivity index (χ0v) is 25.9. The molecule has 2 aromatic heterocycles. The van der Waals surface area contributed by atoms with Crippen molar-refractivity contribution in [2.45, 2.75) is 43.4 Å². The fraction of sp³-hybridized carbons (Fsp3) is 0.333. The zero-order valence-electron chi connectivity index (χ0n) is 24.3. The third kappa shape index (κ3) is 6.79. The minimum Gasteiger partial charge on any atom is -0.476 e. The molecule has 8 nitrogen and oxygen atoms in total. The number of thiazole rings is 1. The van der Waals surface area contributed by atoms with Crippen LogP contribution in [0.25, 0.3) is 16.3 Å². The minimum atomic E-state index is -4.20. The third-order valence-corrected chi connectivity index (χ3v) is 10.0. The number of rotatable bonds is 8. The molecule has 1 unspecified atom stereocenters. The number of sulfonamides is 1. The van der Waals surface area contributed by atoms with Gasteiger partial charge in [-0.3, -0.25) is 4.57 Å². The zero-order chi connectivity index (χ0) is 31.0. The summed E-state index contributed by atoms with van der Waals surface area (Å²) in [5.41, 5.74) is 5.23. The maximum Gasteiger partial charge on any atom is 0.355 e. The van der Waals surface area contributed by atoms with Gasteiger partial charge in [0, 0.05) is 40.9 Å². The largest absolute Gasteiger partial charge is 0.476 e. The van der Waals surface area contributed by atoms with Crippen molar-refractivity contribution in [2.75, 3.05) is 20.1 Å². The first-order valence-corrected chi connectivity index (χ1v) is 17.0. The second kappa shape index (κ2) is 12.3. The van der Waals surface area contributed by atoms with E-state index >= 15 is 0 Å². The number of aromatic nitrogens is 2. The smallest absolute Gasteiger partial charge is 0.355 e. The van der Waals surface area contributed by atoms with Crippen molar-refractivity contribution in [3.8, 4) is 28.1 Å². The summed E-state index contributed by atoms with van der Waals surface area (Å²) < 4.78 is 40.5. The summed E-state index contributed by atoms with van der Waals surface area (Å²) in [5, 5.41) is 16.8. The van der Waals surface area contributed by atoms with Crippen LogP contribution in [0.5, 0.6) is 0 Å². The normalized spacial score (nSPS) is 17.3. The van der Waals surface area contributed by atoms with Gasteiger partial charge in [-0.2, -0.15) is 0 Å². The van der Waals surface area contributed by atoms with Crippen LogP contribution < -0.4 is 5.14 Å². The molecule has 3 heterocycles. The number of carboxylic acid groups (broad SMARTS) is 1. The lowest BCUT2D eigenvalue weighted by Crippen LogP contribution is -2.31. The van der Waals surface area contributed by atoms with Gasteiger partial charge in [-0.1, -0.05) is 30.0 Å². The Hall–Kier alpha value is -3.82. The lowest BCUT2D eigenvalue weighted by molar-refractivity contribution is 0.0691. The number of primary sulfonamides is 1. The van der Waals surface area contributed by atoms with E-state index in [1.807, 2.05) is 29.0 Å². The molecule has 11 heteroatoms. The molecule has 1 saturated heterocycles. The van der Waals surface area contributed by atoms with Crippen molar-refractivity contribution < 1.29 is 22.7 Å². The average molecular weight is 633 g/mol. The Morgan fingerprint density at radius 2 is 2.02 bits per heavy atom.